The molecule has 0 radical (unpaired) electrons. The van der Waals surface area contributed by atoms with Crippen LogP contribution < -0.4 is 4.72 Å². The lowest BCUT2D eigenvalue weighted by molar-refractivity contribution is 0.584. The van der Waals surface area contributed by atoms with Gasteiger partial charge in [0, 0.05) is 0 Å². The Morgan fingerprint density at radius 1 is 1.18 bits per heavy atom. The van der Waals surface area contributed by atoms with E-state index in [1.54, 1.807) is 0 Å². The zero-order valence-electron chi connectivity index (χ0n) is 10.6. The van der Waals surface area contributed by atoms with E-state index in [1.165, 1.54) is 0 Å². The average molecular weight is 251 g/mol. The third-order valence-electron chi connectivity index (χ3n) is 2.93. The molecule has 0 spiro atoms. The number of sulfonamides is 1. The standard InChI is InChI=1S/C13H17NO2S/c1-6-7-14-17(15,16)13-11(4)9(2)8-10(3)12(13)5/h1,8,14H,7H2,2-5H3. The molecule has 4 heteroatoms. The fourth-order valence-corrected chi connectivity index (χ4v) is 3.34. The maximum Gasteiger partial charge on any atom is 0.241 e. The second kappa shape index (κ2) is 4.91. The fourth-order valence-electron chi connectivity index (χ4n) is 1.79. The van der Waals surface area contributed by atoms with Crippen molar-refractivity contribution >= 4 is 10.0 Å². The van der Waals surface area contributed by atoms with Crippen molar-refractivity contribution < 1.29 is 8.42 Å². The second-order valence-corrected chi connectivity index (χ2v) is 5.82. The third-order valence-corrected chi connectivity index (χ3v) is 4.60. The van der Waals surface area contributed by atoms with Crippen LogP contribution in [0.5, 0.6) is 0 Å². The summed E-state index contributed by atoms with van der Waals surface area (Å²) in [6.45, 7) is 7.44. The van der Waals surface area contributed by atoms with Gasteiger partial charge in [-0.3, -0.25) is 0 Å². The lowest BCUT2D eigenvalue weighted by Gasteiger charge is -2.15. The summed E-state index contributed by atoms with van der Waals surface area (Å²) in [4.78, 5) is 0.352. The van der Waals surface area contributed by atoms with Gasteiger partial charge < -0.3 is 0 Å². The van der Waals surface area contributed by atoms with Gasteiger partial charge in [-0.15, -0.1) is 6.42 Å². The Kier molecular flexibility index (Phi) is 3.97. The van der Waals surface area contributed by atoms with Crippen LogP contribution in [0.3, 0.4) is 0 Å². The van der Waals surface area contributed by atoms with Crippen LogP contribution in [0.15, 0.2) is 11.0 Å². The number of terminal acetylenes is 1. The third kappa shape index (κ3) is 2.68. The van der Waals surface area contributed by atoms with E-state index in [0.29, 0.717) is 4.90 Å². The van der Waals surface area contributed by atoms with E-state index in [4.69, 9.17) is 6.42 Å². The highest BCUT2D eigenvalue weighted by Gasteiger charge is 2.21. The first-order valence-electron chi connectivity index (χ1n) is 5.31. The Morgan fingerprint density at radius 3 is 2.06 bits per heavy atom. The van der Waals surface area contributed by atoms with Gasteiger partial charge in [0.05, 0.1) is 11.4 Å². The molecule has 0 aliphatic heterocycles. The summed E-state index contributed by atoms with van der Waals surface area (Å²) >= 11 is 0. The van der Waals surface area contributed by atoms with Crippen LogP contribution in [0.1, 0.15) is 22.3 Å². The lowest BCUT2D eigenvalue weighted by Crippen LogP contribution is -2.26. The van der Waals surface area contributed by atoms with E-state index < -0.39 is 10.0 Å². The van der Waals surface area contributed by atoms with Crippen molar-refractivity contribution in [1.29, 1.82) is 0 Å². The van der Waals surface area contributed by atoms with E-state index >= 15 is 0 Å². The van der Waals surface area contributed by atoms with E-state index in [0.717, 1.165) is 22.3 Å². The van der Waals surface area contributed by atoms with Gasteiger partial charge in [0.15, 0.2) is 0 Å². The molecule has 0 aromatic heterocycles. The molecule has 3 nitrogen and oxygen atoms in total. The molecule has 0 bridgehead atoms. The molecule has 0 fully saturated rings. The Morgan fingerprint density at radius 2 is 1.65 bits per heavy atom. The molecule has 0 aliphatic carbocycles. The lowest BCUT2D eigenvalue weighted by atomic mass is 10.0. The maximum atomic E-state index is 12.1. The minimum absolute atomic E-state index is 0.00814. The van der Waals surface area contributed by atoms with Gasteiger partial charge in [-0.05, 0) is 49.9 Å². The highest BCUT2D eigenvalue weighted by molar-refractivity contribution is 7.89. The summed E-state index contributed by atoms with van der Waals surface area (Å²) in [5.74, 6) is 2.27. The van der Waals surface area contributed by atoms with Crippen molar-refractivity contribution in [3.63, 3.8) is 0 Å². The fraction of sp³-hybridized carbons (Fsp3) is 0.385. The largest absolute Gasteiger partial charge is 0.241 e. The van der Waals surface area contributed by atoms with Gasteiger partial charge in [0.25, 0.3) is 0 Å². The number of nitrogens with one attached hydrogen (secondary N) is 1. The zero-order valence-corrected chi connectivity index (χ0v) is 11.4. The van der Waals surface area contributed by atoms with Gasteiger partial charge in [0.2, 0.25) is 10.0 Å². The van der Waals surface area contributed by atoms with Crippen LogP contribution in [-0.4, -0.2) is 15.0 Å². The Bertz CT molecular complexity index is 554. The smallest absolute Gasteiger partial charge is 0.207 e. The first-order chi connectivity index (χ1) is 7.81. The number of benzene rings is 1. The van der Waals surface area contributed by atoms with Crippen molar-refractivity contribution in [2.75, 3.05) is 6.54 Å². The van der Waals surface area contributed by atoms with Crippen LogP contribution in [0, 0.1) is 40.0 Å². The summed E-state index contributed by atoms with van der Waals surface area (Å²) < 4.78 is 26.7. The highest BCUT2D eigenvalue weighted by atomic mass is 32.2. The number of rotatable bonds is 3. The van der Waals surface area contributed by atoms with Gasteiger partial charge in [-0.25, -0.2) is 8.42 Å². The minimum atomic E-state index is -3.52. The molecular weight excluding hydrogens is 234 g/mol. The molecule has 1 aromatic carbocycles. The molecule has 17 heavy (non-hydrogen) atoms. The predicted molar refractivity (Wildman–Crippen MR) is 69.4 cm³/mol. The first kappa shape index (κ1) is 13.8. The van der Waals surface area contributed by atoms with Crippen molar-refractivity contribution in [3.8, 4) is 12.3 Å². The van der Waals surface area contributed by atoms with Gasteiger partial charge >= 0.3 is 0 Å². The van der Waals surface area contributed by atoms with Crippen LogP contribution >= 0.6 is 0 Å². The molecule has 0 saturated carbocycles. The van der Waals surface area contributed by atoms with Crippen molar-refractivity contribution in [1.82, 2.24) is 4.72 Å². The SMILES string of the molecule is C#CCNS(=O)(=O)c1c(C)c(C)cc(C)c1C. The molecule has 0 heterocycles. The van der Waals surface area contributed by atoms with Gasteiger partial charge in [0.1, 0.15) is 0 Å². The zero-order chi connectivity index (χ0) is 13.2. The van der Waals surface area contributed by atoms with E-state index in [9.17, 15) is 8.42 Å². The van der Waals surface area contributed by atoms with Gasteiger partial charge in [-0.2, -0.15) is 4.72 Å². The Labute approximate surface area is 103 Å². The average Bonchev–Trinajstić information content (AvgIpc) is 2.24. The molecule has 1 rings (SSSR count). The number of hydrogen-bond donors (Lipinski definition) is 1. The van der Waals surface area contributed by atoms with Crippen molar-refractivity contribution in [3.05, 3.63) is 28.3 Å². The summed E-state index contributed by atoms with van der Waals surface area (Å²) in [5.41, 5.74) is 3.48. The normalized spacial score (nSPS) is 11.2. The second-order valence-electron chi connectivity index (χ2n) is 4.12. The summed E-state index contributed by atoms with van der Waals surface area (Å²) in [5, 5.41) is 0. The van der Waals surface area contributed by atoms with Crippen LogP contribution in [0.2, 0.25) is 0 Å². The van der Waals surface area contributed by atoms with E-state index in [-0.39, 0.29) is 6.54 Å². The molecule has 1 aromatic rings. The molecular formula is C13H17NO2S. The monoisotopic (exact) mass is 251 g/mol. The Balaban J connectivity index is 3.47. The highest BCUT2D eigenvalue weighted by Crippen LogP contribution is 2.25. The summed E-state index contributed by atoms with van der Waals surface area (Å²) in [6, 6.07) is 1.99. The van der Waals surface area contributed by atoms with Crippen molar-refractivity contribution in [2.45, 2.75) is 32.6 Å². The quantitative estimate of drug-likeness (QED) is 0.833. The Hall–Kier alpha value is -1.31. The van der Waals surface area contributed by atoms with E-state index in [2.05, 4.69) is 10.6 Å². The number of aryl methyl sites for hydroxylation is 2. The molecule has 0 saturated heterocycles. The molecule has 0 atom stereocenters. The number of hydrogen-bond acceptors (Lipinski definition) is 2. The molecule has 1 N–H and O–H groups in total. The molecule has 0 amide bonds. The van der Waals surface area contributed by atoms with Crippen molar-refractivity contribution in [2.24, 2.45) is 0 Å². The minimum Gasteiger partial charge on any atom is -0.207 e. The van der Waals surface area contributed by atoms with Crippen LogP contribution in [0.25, 0.3) is 0 Å². The molecule has 92 valence electrons. The van der Waals surface area contributed by atoms with E-state index in [1.807, 2.05) is 33.8 Å². The molecule has 0 unspecified atom stereocenters. The summed E-state index contributed by atoms with van der Waals surface area (Å²) in [7, 11) is -3.52. The maximum absolute atomic E-state index is 12.1. The van der Waals surface area contributed by atoms with Crippen LogP contribution in [0.4, 0.5) is 0 Å². The molecule has 0 aliphatic rings. The topological polar surface area (TPSA) is 46.2 Å². The summed E-state index contributed by atoms with van der Waals surface area (Å²) in [6.07, 6.45) is 5.07. The van der Waals surface area contributed by atoms with Crippen LogP contribution in [-0.2, 0) is 10.0 Å². The predicted octanol–water partition coefficient (Wildman–Crippen LogP) is 1.83. The first-order valence-corrected chi connectivity index (χ1v) is 6.80. The van der Waals surface area contributed by atoms with Gasteiger partial charge in [-0.1, -0.05) is 12.0 Å².